The highest BCUT2D eigenvalue weighted by molar-refractivity contribution is 8.00. The maximum atomic E-state index is 12.9. The molecule has 2 aromatic carbocycles. The first-order valence-corrected chi connectivity index (χ1v) is 12.3. The average Bonchev–Trinajstić information content (AvgIpc) is 3.39. The molecule has 0 radical (unpaired) electrons. The molecule has 1 atom stereocenters. The number of aryl methyl sites for hydroxylation is 1. The van der Waals surface area contributed by atoms with E-state index in [0.29, 0.717) is 12.3 Å². The Hall–Kier alpha value is -3.79. The largest absolute Gasteiger partial charge is 0.480 e. The highest BCUT2D eigenvalue weighted by Gasteiger charge is 2.31. The number of rotatable bonds is 5. The molecule has 1 unspecified atom stereocenters. The number of carbonyl (C=O) groups is 3. The van der Waals surface area contributed by atoms with Gasteiger partial charge in [-0.1, -0.05) is 48.5 Å². The van der Waals surface area contributed by atoms with Gasteiger partial charge in [-0.25, -0.2) is 4.79 Å². The number of anilines is 1. The van der Waals surface area contributed by atoms with E-state index in [2.05, 4.69) is 22.5 Å². The predicted molar refractivity (Wildman–Crippen MR) is 132 cm³/mol. The Morgan fingerprint density at radius 1 is 1.11 bits per heavy atom. The van der Waals surface area contributed by atoms with Gasteiger partial charge < -0.3 is 14.7 Å². The van der Waals surface area contributed by atoms with Gasteiger partial charge in [-0.05, 0) is 22.3 Å². The van der Waals surface area contributed by atoms with Crippen LogP contribution in [0, 0.1) is 0 Å². The molecule has 35 heavy (non-hydrogen) atoms. The van der Waals surface area contributed by atoms with E-state index in [-0.39, 0.29) is 36.5 Å². The molecule has 1 aromatic heterocycles. The number of nitrogens with zero attached hydrogens (tertiary/aromatic N) is 3. The molecule has 0 saturated carbocycles. The van der Waals surface area contributed by atoms with Crippen molar-refractivity contribution in [2.24, 2.45) is 7.05 Å². The summed E-state index contributed by atoms with van der Waals surface area (Å²) in [6.45, 7) is 0.743. The molecule has 2 aliphatic rings. The number of benzene rings is 2. The molecule has 2 heterocycles. The number of hydrogen-bond acceptors (Lipinski definition) is 6. The number of hydrogen-bond donors (Lipinski definition) is 2. The first-order chi connectivity index (χ1) is 16.9. The summed E-state index contributed by atoms with van der Waals surface area (Å²) < 4.78 is 6.92. The SMILES string of the molecule is Cn1nc(NC(=O)OCC2c3ccccc3-c3ccccc32)cc1C(=O)N1CCSC(C(=O)O)C1. The first-order valence-electron chi connectivity index (χ1n) is 11.2. The third kappa shape index (κ3) is 4.49. The minimum Gasteiger partial charge on any atom is -0.480 e. The van der Waals surface area contributed by atoms with Crippen molar-refractivity contribution < 1.29 is 24.2 Å². The van der Waals surface area contributed by atoms with Gasteiger partial charge >= 0.3 is 12.1 Å². The van der Waals surface area contributed by atoms with Crippen LogP contribution in [0.2, 0.25) is 0 Å². The number of thioether (sulfide) groups is 1. The van der Waals surface area contributed by atoms with Crippen molar-refractivity contribution in [3.8, 4) is 11.1 Å². The third-order valence-corrected chi connectivity index (χ3v) is 7.47. The van der Waals surface area contributed by atoms with Crippen LogP contribution >= 0.6 is 11.8 Å². The monoisotopic (exact) mass is 492 g/mol. The summed E-state index contributed by atoms with van der Waals surface area (Å²) in [4.78, 5) is 38.3. The van der Waals surface area contributed by atoms with Crippen LogP contribution < -0.4 is 5.32 Å². The van der Waals surface area contributed by atoms with E-state index >= 15 is 0 Å². The molecule has 10 heteroatoms. The quantitative estimate of drug-likeness (QED) is 0.561. The van der Waals surface area contributed by atoms with Crippen LogP contribution in [0.15, 0.2) is 54.6 Å². The van der Waals surface area contributed by atoms with Crippen LogP contribution in [0.25, 0.3) is 11.1 Å². The second kappa shape index (κ2) is 9.46. The van der Waals surface area contributed by atoms with Crippen molar-refractivity contribution in [2.45, 2.75) is 11.2 Å². The molecule has 1 aliphatic carbocycles. The van der Waals surface area contributed by atoms with Crippen molar-refractivity contribution in [2.75, 3.05) is 30.8 Å². The molecule has 3 aromatic rings. The summed E-state index contributed by atoms with van der Waals surface area (Å²) >= 11 is 1.32. The van der Waals surface area contributed by atoms with E-state index in [4.69, 9.17) is 4.74 Å². The number of ether oxygens (including phenoxy) is 1. The van der Waals surface area contributed by atoms with E-state index in [1.807, 2.05) is 36.4 Å². The van der Waals surface area contributed by atoms with Crippen LogP contribution in [-0.4, -0.2) is 68.5 Å². The Morgan fingerprint density at radius 3 is 2.43 bits per heavy atom. The second-order valence-corrected chi connectivity index (χ2v) is 9.75. The summed E-state index contributed by atoms with van der Waals surface area (Å²) in [5.41, 5.74) is 4.78. The summed E-state index contributed by atoms with van der Waals surface area (Å²) in [5.74, 6) is -0.588. The molecular weight excluding hydrogens is 468 g/mol. The Labute approximate surface area is 206 Å². The first kappa shape index (κ1) is 23.0. The second-order valence-electron chi connectivity index (χ2n) is 8.44. The van der Waals surface area contributed by atoms with Crippen LogP contribution in [0.1, 0.15) is 27.5 Å². The van der Waals surface area contributed by atoms with Gasteiger partial charge in [0.15, 0.2) is 5.82 Å². The molecule has 5 rings (SSSR count). The highest BCUT2D eigenvalue weighted by Crippen LogP contribution is 2.44. The topological polar surface area (TPSA) is 114 Å². The van der Waals surface area contributed by atoms with Crippen LogP contribution in [0.5, 0.6) is 0 Å². The number of carboxylic acids is 1. The Balaban J connectivity index is 1.24. The lowest BCUT2D eigenvalue weighted by Gasteiger charge is -2.30. The van der Waals surface area contributed by atoms with Gasteiger partial charge in [0.05, 0.1) is 0 Å². The summed E-state index contributed by atoms with van der Waals surface area (Å²) in [6, 6.07) is 17.7. The van der Waals surface area contributed by atoms with E-state index in [9.17, 15) is 19.5 Å². The zero-order valence-corrected chi connectivity index (χ0v) is 19.8. The number of carbonyl (C=O) groups excluding carboxylic acids is 2. The molecule has 1 aliphatic heterocycles. The van der Waals surface area contributed by atoms with Crippen LogP contribution in [0.3, 0.4) is 0 Å². The summed E-state index contributed by atoms with van der Waals surface area (Å²) in [5, 5.41) is 15.4. The molecule has 0 bridgehead atoms. The zero-order valence-electron chi connectivity index (χ0n) is 19.0. The molecule has 0 spiro atoms. The average molecular weight is 493 g/mol. The highest BCUT2D eigenvalue weighted by atomic mass is 32.2. The Kier molecular flexibility index (Phi) is 6.21. The molecule has 9 nitrogen and oxygen atoms in total. The van der Waals surface area contributed by atoms with Crippen molar-refractivity contribution in [3.63, 3.8) is 0 Å². The number of amides is 2. The fourth-order valence-corrected chi connectivity index (χ4v) is 5.65. The van der Waals surface area contributed by atoms with Gasteiger partial charge in [-0.2, -0.15) is 5.10 Å². The van der Waals surface area contributed by atoms with Crippen molar-refractivity contribution in [3.05, 3.63) is 71.4 Å². The molecule has 2 amide bonds. The molecule has 1 fully saturated rings. The minimum atomic E-state index is -0.935. The van der Waals surface area contributed by atoms with Crippen LogP contribution in [0.4, 0.5) is 10.6 Å². The fourth-order valence-electron chi connectivity index (χ4n) is 4.61. The van der Waals surface area contributed by atoms with E-state index in [0.717, 1.165) is 22.3 Å². The van der Waals surface area contributed by atoms with Crippen molar-refractivity contribution in [1.82, 2.24) is 14.7 Å². The summed E-state index contributed by atoms with van der Waals surface area (Å²) in [7, 11) is 1.60. The minimum absolute atomic E-state index is 0.0619. The maximum absolute atomic E-state index is 12.9. The smallest absolute Gasteiger partial charge is 0.412 e. The zero-order chi connectivity index (χ0) is 24.5. The van der Waals surface area contributed by atoms with E-state index < -0.39 is 17.3 Å². The van der Waals surface area contributed by atoms with Gasteiger partial charge in [0.2, 0.25) is 0 Å². The van der Waals surface area contributed by atoms with Gasteiger partial charge in [0, 0.05) is 37.9 Å². The Morgan fingerprint density at radius 2 is 1.77 bits per heavy atom. The predicted octanol–water partition coefficient (Wildman–Crippen LogP) is 3.42. The van der Waals surface area contributed by atoms with Crippen molar-refractivity contribution in [1.29, 1.82) is 0 Å². The van der Waals surface area contributed by atoms with Gasteiger partial charge in [-0.15, -0.1) is 11.8 Å². The van der Waals surface area contributed by atoms with E-state index in [1.54, 1.807) is 7.05 Å². The normalized spacial score (nSPS) is 16.9. The number of aromatic nitrogens is 2. The fraction of sp³-hybridized carbons (Fsp3) is 0.280. The van der Waals surface area contributed by atoms with Gasteiger partial charge in [0.1, 0.15) is 17.6 Å². The van der Waals surface area contributed by atoms with Gasteiger partial charge in [0.25, 0.3) is 5.91 Å². The lowest BCUT2D eigenvalue weighted by atomic mass is 9.98. The lowest BCUT2D eigenvalue weighted by molar-refractivity contribution is -0.136. The molecular formula is C25H24N4O5S. The standard InChI is InChI=1S/C25H24N4O5S/c1-28-20(23(30)29-10-11-35-21(13-29)24(31)32)12-22(27-28)26-25(33)34-14-19-17-8-4-2-6-15(17)16-7-3-5-9-18(16)19/h2-9,12,19,21H,10-11,13-14H2,1H3,(H,31,32)(H,26,27,33). The number of nitrogens with one attached hydrogen (secondary N) is 1. The maximum Gasteiger partial charge on any atom is 0.412 e. The van der Waals surface area contributed by atoms with Crippen LogP contribution in [-0.2, 0) is 16.6 Å². The molecule has 180 valence electrons. The van der Waals surface area contributed by atoms with E-state index in [1.165, 1.54) is 27.4 Å². The molecule has 1 saturated heterocycles. The third-order valence-electron chi connectivity index (χ3n) is 6.30. The number of aliphatic carboxylic acids is 1. The molecule has 2 N–H and O–H groups in total. The van der Waals surface area contributed by atoms with Gasteiger partial charge in [-0.3, -0.25) is 19.6 Å². The lowest BCUT2D eigenvalue weighted by Crippen LogP contribution is -2.45. The number of carboxylic acid groups (broad SMARTS) is 1. The summed E-state index contributed by atoms with van der Waals surface area (Å²) in [6.07, 6.45) is -0.663. The Bertz CT molecular complexity index is 1260. The van der Waals surface area contributed by atoms with Crippen molar-refractivity contribution >= 4 is 35.5 Å². The number of fused-ring (bicyclic) bond motifs is 3.